The highest BCUT2D eigenvalue weighted by atomic mass is 32.2. The molecule has 1 aromatic rings. The Morgan fingerprint density at radius 1 is 1.33 bits per heavy atom. The van der Waals surface area contributed by atoms with E-state index in [9.17, 15) is 22.7 Å². The Morgan fingerprint density at radius 3 is 2.62 bits per heavy atom. The van der Waals surface area contributed by atoms with Crippen molar-refractivity contribution in [2.24, 2.45) is 0 Å². The summed E-state index contributed by atoms with van der Waals surface area (Å²) in [5, 5.41) is 12.3. The van der Waals surface area contributed by atoms with Gasteiger partial charge in [0, 0.05) is 18.2 Å². The average molecular weight is 356 g/mol. The molecule has 24 heavy (non-hydrogen) atoms. The van der Waals surface area contributed by atoms with E-state index in [-0.39, 0.29) is 24.3 Å². The van der Waals surface area contributed by atoms with E-state index in [1.54, 1.807) is 0 Å². The van der Waals surface area contributed by atoms with Crippen molar-refractivity contribution in [1.82, 2.24) is 10.0 Å². The van der Waals surface area contributed by atoms with Crippen molar-refractivity contribution in [3.63, 3.8) is 0 Å². The fourth-order valence-corrected chi connectivity index (χ4v) is 3.69. The van der Waals surface area contributed by atoms with E-state index < -0.39 is 26.6 Å². The van der Waals surface area contributed by atoms with Crippen LogP contribution in [0.25, 0.3) is 0 Å². The van der Waals surface area contributed by atoms with Crippen LogP contribution in [0.3, 0.4) is 0 Å². The lowest BCUT2D eigenvalue weighted by Crippen LogP contribution is -2.38. The maximum absolute atomic E-state index is 13.9. The predicted octanol–water partition coefficient (Wildman–Crippen LogP) is 1.32. The summed E-state index contributed by atoms with van der Waals surface area (Å²) in [6.45, 7) is 3.35. The fourth-order valence-electron chi connectivity index (χ4n) is 2.59. The highest BCUT2D eigenvalue weighted by Gasteiger charge is 2.23. The summed E-state index contributed by atoms with van der Waals surface area (Å²) < 4.78 is 40.1. The Bertz CT molecular complexity index is 713. The zero-order valence-corrected chi connectivity index (χ0v) is 14.0. The Balaban J connectivity index is 2.15. The summed E-state index contributed by atoms with van der Waals surface area (Å²) in [7, 11) is -4.06. The topological polar surface area (TPSA) is 95.5 Å². The van der Waals surface area contributed by atoms with Crippen LogP contribution in [0.2, 0.25) is 0 Å². The van der Waals surface area contributed by atoms with Crippen LogP contribution < -0.4 is 10.0 Å². The van der Waals surface area contributed by atoms with Crippen molar-refractivity contribution in [2.75, 3.05) is 6.54 Å². The lowest BCUT2D eigenvalue weighted by atomic mass is 9.93. The first-order chi connectivity index (χ1) is 11.3. The van der Waals surface area contributed by atoms with Gasteiger partial charge in [0.15, 0.2) is 0 Å². The first-order valence-corrected chi connectivity index (χ1v) is 9.21. The second-order valence-corrected chi connectivity index (χ2v) is 7.50. The zero-order chi connectivity index (χ0) is 17.7. The molecule has 1 fully saturated rings. The van der Waals surface area contributed by atoms with Crippen LogP contribution >= 0.6 is 0 Å². The van der Waals surface area contributed by atoms with Gasteiger partial charge in [-0.3, -0.25) is 4.79 Å². The van der Waals surface area contributed by atoms with E-state index in [0.717, 1.165) is 12.1 Å². The smallest absolute Gasteiger partial charge is 0.251 e. The molecule has 0 radical (unpaired) electrons. The molecule has 0 spiro atoms. The van der Waals surface area contributed by atoms with Crippen molar-refractivity contribution in [3.05, 3.63) is 42.2 Å². The summed E-state index contributed by atoms with van der Waals surface area (Å²) >= 11 is 0. The molecule has 0 unspecified atom stereocenters. The van der Waals surface area contributed by atoms with Gasteiger partial charge in [-0.05, 0) is 43.9 Å². The summed E-state index contributed by atoms with van der Waals surface area (Å²) in [5.74, 6) is -1.39. The van der Waals surface area contributed by atoms with Gasteiger partial charge in [0.05, 0.1) is 6.10 Å². The molecular weight excluding hydrogens is 335 g/mol. The molecular formula is C16H21FN2O4S. The molecule has 8 heteroatoms. The molecule has 1 aliphatic carbocycles. The standard InChI is InChI=1S/C16H21FN2O4S/c1-2-9-18-24(22,23)15-10-11(3-8-14(15)17)16(21)19-12-4-6-13(20)7-5-12/h2-3,8,10,12-13,18,20H,1,4-7,9H2,(H,19,21). The Hall–Kier alpha value is -1.77. The quantitative estimate of drug-likeness (QED) is 0.670. The van der Waals surface area contributed by atoms with E-state index in [1.807, 2.05) is 0 Å². The number of aliphatic hydroxyl groups is 1. The SMILES string of the molecule is C=CCNS(=O)(=O)c1cc(C(=O)NC2CCC(O)CC2)ccc1F. The molecule has 1 aliphatic rings. The van der Waals surface area contributed by atoms with Gasteiger partial charge in [0.25, 0.3) is 5.91 Å². The number of halogens is 1. The first kappa shape index (κ1) is 18.6. The molecule has 1 amide bonds. The molecule has 3 N–H and O–H groups in total. The number of nitrogens with one attached hydrogen (secondary N) is 2. The van der Waals surface area contributed by atoms with E-state index in [2.05, 4.69) is 16.6 Å². The highest BCUT2D eigenvalue weighted by Crippen LogP contribution is 2.20. The number of rotatable bonds is 6. The molecule has 1 aromatic carbocycles. The highest BCUT2D eigenvalue weighted by molar-refractivity contribution is 7.89. The number of amides is 1. The van der Waals surface area contributed by atoms with Gasteiger partial charge in [-0.25, -0.2) is 17.5 Å². The van der Waals surface area contributed by atoms with Gasteiger partial charge >= 0.3 is 0 Å². The van der Waals surface area contributed by atoms with Crippen LogP contribution in [0, 0.1) is 5.82 Å². The van der Waals surface area contributed by atoms with Gasteiger partial charge in [-0.2, -0.15) is 0 Å². The third-order valence-corrected chi connectivity index (χ3v) is 5.37. The van der Waals surface area contributed by atoms with Crippen molar-refractivity contribution >= 4 is 15.9 Å². The number of sulfonamides is 1. The molecule has 0 atom stereocenters. The monoisotopic (exact) mass is 356 g/mol. The lowest BCUT2D eigenvalue weighted by Gasteiger charge is -2.26. The van der Waals surface area contributed by atoms with Crippen molar-refractivity contribution in [1.29, 1.82) is 0 Å². The Labute approximate surface area is 140 Å². The number of hydrogen-bond donors (Lipinski definition) is 3. The molecule has 0 saturated heterocycles. The molecule has 1 saturated carbocycles. The summed E-state index contributed by atoms with van der Waals surface area (Å²) in [5.41, 5.74) is 0.0708. The normalized spacial score (nSPS) is 21.2. The molecule has 2 rings (SSSR count). The average Bonchev–Trinajstić information content (AvgIpc) is 2.55. The van der Waals surface area contributed by atoms with E-state index in [4.69, 9.17) is 0 Å². The van der Waals surface area contributed by atoms with Gasteiger partial charge in [-0.15, -0.1) is 6.58 Å². The van der Waals surface area contributed by atoms with Gasteiger partial charge in [0.1, 0.15) is 10.7 Å². The molecule has 0 bridgehead atoms. The van der Waals surface area contributed by atoms with Crippen molar-refractivity contribution < 1.29 is 22.7 Å². The molecule has 0 aromatic heterocycles. The zero-order valence-electron chi connectivity index (χ0n) is 13.2. The predicted molar refractivity (Wildman–Crippen MR) is 87.5 cm³/mol. The maximum Gasteiger partial charge on any atom is 0.251 e. The number of benzene rings is 1. The van der Waals surface area contributed by atoms with Crippen molar-refractivity contribution in [3.8, 4) is 0 Å². The van der Waals surface area contributed by atoms with Crippen LogP contribution in [0.4, 0.5) is 4.39 Å². The number of aliphatic hydroxyl groups excluding tert-OH is 1. The lowest BCUT2D eigenvalue weighted by molar-refractivity contribution is 0.0867. The minimum Gasteiger partial charge on any atom is -0.393 e. The van der Waals surface area contributed by atoms with Crippen LogP contribution in [0.15, 0.2) is 35.7 Å². The Morgan fingerprint density at radius 2 is 2.00 bits per heavy atom. The van der Waals surface area contributed by atoms with Crippen LogP contribution in [0.1, 0.15) is 36.0 Å². The van der Waals surface area contributed by atoms with Gasteiger partial charge < -0.3 is 10.4 Å². The number of hydrogen-bond acceptors (Lipinski definition) is 4. The van der Waals surface area contributed by atoms with E-state index >= 15 is 0 Å². The van der Waals surface area contributed by atoms with Gasteiger partial charge in [-0.1, -0.05) is 6.08 Å². The third kappa shape index (κ3) is 4.62. The van der Waals surface area contributed by atoms with Crippen LogP contribution in [-0.4, -0.2) is 38.1 Å². The summed E-state index contributed by atoms with van der Waals surface area (Å²) in [6, 6.07) is 3.15. The first-order valence-electron chi connectivity index (χ1n) is 7.72. The van der Waals surface area contributed by atoms with E-state index in [1.165, 1.54) is 12.1 Å². The van der Waals surface area contributed by atoms with Gasteiger partial charge in [0.2, 0.25) is 10.0 Å². The summed E-state index contributed by atoms with van der Waals surface area (Å²) in [6.07, 6.45) is 3.53. The van der Waals surface area contributed by atoms with E-state index in [0.29, 0.717) is 25.7 Å². The molecule has 0 heterocycles. The molecule has 6 nitrogen and oxygen atoms in total. The third-order valence-electron chi connectivity index (χ3n) is 3.93. The maximum atomic E-state index is 13.9. The summed E-state index contributed by atoms with van der Waals surface area (Å²) in [4.78, 5) is 11.7. The van der Waals surface area contributed by atoms with Crippen LogP contribution in [0.5, 0.6) is 0 Å². The number of carbonyl (C=O) groups excluding carboxylic acids is 1. The molecule has 0 aliphatic heterocycles. The second-order valence-electron chi connectivity index (χ2n) is 5.76. The largest absolute Gasteiger partial charge is 0.393 e. The van der Waals surface area contributed by atoms with Crippen LogP contribution in [-0.2, 0) is 10.0 Å². The van der Waals surface area contributed by atoms with Crippen molar-refractivity contribution in [2.45, 2.75) is 42.7 Å². The minimum atomic E-state index is -4.06. The minimum absolute atomic E-state index is 0.0391. The fraction of sp³-hybridized carbons (Fsp3) is 0.438. The Kier molecular flexibility index (Phi) is 6.09. The number of carbonyl (C=O) groups is 1. The second kappa shape index (κ2) is 7.87. The molecule has 132 valence electrons.